The third-order valence-corrected chi connectivity index (χ3v) is 3.20. The van der Waals surface area contributed by atoms with Crippen molar-refractivity contribution in [2.75, 3.05) is 5.43 Å². The van der Waals surface area contributed by atoms with Gasteiger partial charge in [-0.15, -0.1) is 10.2 Å². The molecule has 0 amide bonds. The fourth-order valence-corrected chi connectivity index (χ4v) is 2.10. The summed E-state index contributed by atoms with van der Waals surface area (Å²) in [7, 11) is 0. The largest absolute Gasteiger partial charge is 0.259 e. The molecule has 0 fully saturated rings. The molecule has 0 aliphatic heterocycles. The molecule has 0 bridgehead atoms. The van der Waals surface area contributed by atoms with Gasteiger partial charge in [-0.1, -0.05) is 54.1 Å². The van der Waals surface area contributed by atoms with Gasteiger partial charge in [0.15, 0.2) is 11.0 Å². The lowest BCUT2D eigenvalue weighted by atomic mass is 10.2. The molecule has 1 heterocycles. The van der Waals surface area contributed by atoms with E-state index in [1.807, 2.05) is 24.3 Å². The van der Waals surface area contributed by atoms with Crippen molar-refractivity contribution in [3.63, 3.8) is 0 Å². The normalized spacial score (nSPS) is 11.1. The van der Waals surface area contributed by atoms with Crippen LogP contribution in [0.4, 0.5) is 10.2 Å². The highest BCUT2D eigenvalue weighted by molar-refractivity contribution is 6.34. The van der Waals surface area contributed by atoms with Gasteiger partial charge < -0.3 is 0 Å². The van der Waals surface area contributed by atoms with E-state index in [0.717, 1.165) is 10.8 Å². The molecule has 6 heteroatoms. The molecule has 1 aromatic heterocycles. The molecule has 1 N–H and O–H groups in total. The lowest BCUT2D eigenvalue weighted by Gasteiger charge is -2.04. The van der Waals surface area contributed by atoms with Gasteiger partial charge in [-0.05, 0) is 6.07 Å². The van der Waals surface area contributed by atoms with E-state index < -0.39 is 0 Å². The Morgan fingerprint density at radius 3 is 2.52 bits per heavy atom. The van der Waals surface area contributed by atoms with Crippen molar-refractivity contribution in [2.24, 2.45) is 5.10 Å². The lowest BCUT2D eigenvalue weighted by Crippen LogP contribution is -1.98. The van der Waals surface area contributed by atoms with Crippen LogP contribution in [0.15, 0.2) is 53.6 Å². The average molecular weight is 301 g/mol. The fraction of sp³-hybridized carbons (Fsp3) is 0. The average Bonchev–Trinajstić information content (AvgIpc) is 2.52. The van der Waals surface area contributed by atoms with Crippen LogP contribution in [0, 0.1) is 5.82 Å². The first-order valence-corrected chi connectivity index (χ1v) is 6.58. The molecule has 0 atom stereocenters. The number of anilines is 1. The molecule has 0 unspecified atom stereocenters. The molecule has 4 nitrogen and oxygen atoms in total. The molecule has 0 aliphatic carbocycles. The molecule has 0 spiro atoms. The van der Waals surface area contributed by atoms with Crippen molar-refractivity contribution in [3.05, 3.63) is 65.1 Å². The maximum Gasteiger partial charge on any atom is 0.176 e. The van der Waals surface area contributed by atoms with Crippen molar-refractivity contribution in [2.45, 2.75) is 0 Å². The Bertz CT molecular complexity index is 820. The lowest BCUT2D eigenvalue weighted by molar-refractivity contribution is 0.626. The summed E-state index contributed by atoms with van der Waals surface area (Å²) in [5.41, 5.74) is 3.15. The molecule has 3 rings (SSSR count). The standard InChI is InChI=1S/C15H10ClFN4/c16-14-11-6-2-3-7-12(11)15(21-19-14)20-18-9-10-5-1-4-8-13(10)17/h1-9H,(H,20,21). The van der Waals surface area contributed by atoms with Crippen LogP contribution in [0.5, 0.6) is 0 Å². The number of halogens is 2. The monoisotopic (exact) mass is 300 g/mol. The van der Waals surface area contributed by atoms with Crippen LogP contribution >= 0.6 is 11.6 Å². The molecule has 0 saturated heterocycles. The zero-order valence-electron chi connectivity index (χ0n) is 10.8. The highest BCUT2D eigenvalue weighted by atomic mass is 35.5. The van der Waals surface area contributed by atoms with Crippen LogP contribution in [-0.4, -0.2) is 16.4 Å². The zero-order chi connectivity index (χ0) is 14.7. The Morgan fingerprint density at radius 1 is 1.00 bits per heavy atom. The Kier molecular flexibility index (Phi) is 3.75. The summed E-state index contributed by atoms with van der Waals surface area (Å²) in [5.74, 6) is 0.123. The van der Waals surface area contributed by atoms with Crippen LogP contribution in [0.1, 0.15) is 5.56 Å². The van der Waals surface area contributed by atoms with Crippen LogP contribution in [-0.2, 0) is 0 Å². The molecule has 104 valence electrons. The van der Waals surface area contributed by atoms with Crippen LogP contribution in [0.3, 0.4) is 0 Å². The Hall–Kier alpha value is -2.53. The van der Waals surface area contributed by atoms with Gasteiger partial charge in [-0.2, -0.15) is 5.10 Å². The van der Waals surface area contributed by atoms with Gasteiger partial charge in [0.05, 0.1) is 6.21 Å². The summed E-state index contributed by atoms with van der Waals surface area (Å²) in [6, 6.07) is 13.8. The Labute approximate surface area is 125 Å². The van der Waals surface area contributed by atoms with E-state index in [1.165, 1.54) is 12.3 Å². The molecular formula is C15H10ClFN4. The second-order valence-corrected chi connectivity index (χ2v) is 4.63. The van der Waals surface area contributed by atoms with E-state index in [4.69, 9.17) is 11.6 Å². The van der Waals surface area contributed by atoms with Gasteiger partial charge >= 0.3 is 0 Å². The van der Waals surface area contributed by atoms with Gasteiger partial charge in [0.1, 0.15) is 5.82 Å². The molecule has 2 aromatic carbocycles. The summed E-state index contributed by atoms with van der Waals surface area (Å²) in [5, 5.41) is 13.7. The number of benzene rings is 2. The SMILES string of the molecule is Fc1ccccc1C=NNc1nnc(Cl)c2ccccc12. The zero-order valence-corrected chi connectivity index (χ0v) is 11.5. The van der Waals surface area contributed by atoms with Crippen LogP contribution < -0.4 is 5.43 Å². The van der Waals surface area contributed by atoms with E-state index in [1.54, 1.807) is 18.2 Å². The molecular weight excluding hydrogens is 291 g/mol. The minimum absolute atomic E-state index is 0.328. The topological polar surface area (TPSA) is 50.2 Å². The summed E-state index contributed by atoms with van der Waals surface area (Å²) in [4.78, 5) is 0. The quantitative estimate of drug-likeness (QED) is 0.590. The predicted molar refractivity (Wildman–Crippen MR) is 82.2 cm³/mol. The van der Waals surface area contributed by atoms with Crippen molar-refractivity contribution in [1.29, 1.82) is 0 Å². The number of hydrogen-bond acceptors (Lipinski definition) is 4. The Balaban J connectivity index is 1.89. The first-order valence-electron chi connectivity index (χ1n) is 6.20. The molecule has 21 heavy (non-hydrogen) atoms. The second-order valence-electron chi connectivity index (χ2n) is 4.28. The van der Waals surface area contributed by atoms with Crippen molar-refractivity contribution in [3.8, 4) is 0 Å². The third-order valence-electron chi connectivity index (χ3n) is 2.92. The second kappa shape index (κ2) is 5.85. The summed E-state index contributed by atoms with van der Waals surface area (Å²) in [6.45, 7) is 0. The highest BCUT2D eigenvalue weighted by Gasteiger charge is 2.06. The number of fused-ring (bicyclic) bond motifs is 1. The van der Waals surface area contributed by atoms with E-state index in [9.17, 15) is 4.39 Å². The van der Waals surface area contributed by atoms with Gasteiger partial charge in [-0.25, -0.2) is 4.39 Å². The fourth-order valence-electron chi connectivity index (χ4n) is 1.90. The number of aromatic nitrogens is 2. The van der Waals surface area contributed by atoms with E-state index >= 15 is 0 Å². The minimum atomic E-state index is -0.338. The van der Waals surface area contributed by atoms with Crippen molar-refractivity contribution < 1.29 is 4.39 Å². The van der Waals surface area contributed by atoms with Gasteiger partial charge in [0.2, 0.25) is 0 Å². The van der Waals surface area contributed by atoms with E-state index in [2.05, 4.69) is 20.7 Å². The maximum atomic E-state index is 13.5. The minimum Gasteiger partial charge on any atom is -0.259 e. The van der Waals surface area contributed by atoms with Gasteiger partial charge in [0, 0.05) is 16.3 Å². The van der Waals surface area contributed by atoms with Gasteiger partial charge in [0.25, 0.3) is 0 Å². The molecule has 0 radical (unpaired) electrons. The summed E-state index contributed by atoms with van der Waals surface area (Å²) >= 11 is 5.99. The first kappa shape index (κ1) is 13.5. The molecule has 0 saturated carbocycles. The first-order chi connectivity index (χ1) is 10.3. The highest BCUT2D eigenvalue weighted by Crippen LogP contribution is 2.25. The summed E-state index contributed by atoms with van der Waals surface area (Å²) in [6.07, 6.45) is 1.39. The van der Waals surface area contributed by atoms with Gasteiger partial charge in [-0.3, -0.25) is 5.43 Å². The van der Waals surface area contributed by atoms with Crippen molar-refractivity contribution >= 4 is 34.4 Å². The number of hydrazone groups is 1. The number of nitrogens with one attached hydrogen (secondary N) is 1. The number of rotatable bonds is 3. The molecule has 0 aliphatic rings. The van der Waals surface area contributed by atoms with Crippen LogP contribution in [0.25, 0.3) is 10.8 Å². The van der Waals surface area contributed by atoms with E-state index in [-0.39, 0.29) is 5.82 Å². The summed E-state index contributed by atoms with van der Waals surface area (Å²) < 4.78 is 13.5. The van der Waals surface area contributed by atoms with E-state index in [0.29, 0.717) is 16.5 Å². The predicted octanol–water partition coefficient (Wildman–Crippen LogP) is 3.87. The maximum absolute atomic E-state index is 13.5. The smallest absolute Gasteiger partial charge is 0.176 e. The van der Waals surface area contributed by atoms with Crippen molar-refractivity contribution in [1.82, 2.24) is 10.2 Å². The Morgan fingerprint density at radius 2 is 1.71 bits per heavy atom. The third kappa shape index (κ3) is 2.83. The number of hydrogen-bond donors (Lipinski definition) is 1. The molecule has 3 aromatic rings. The van der Waals surface area contributed by atoms with Crippen LogP contribution in [0.2, 0.25) is 5.15 Å². The number of nitrogens with zero attached hydrogens (tertiary/aromatic N) is 3.